The molecule has 1 aromatic heterocycles. The third-order valence-corrected chi connectivity index (χ3v) is 2.39. The summed E-state index contributed by atoms with van der Waals surface area (Å²) in [4.78, 5) is 25.5. The van der Waals surface area contributed by atoms with Gasteiger partial charge in [0.05, 0.1) is 4.92 Å². The normalized spacial score (nSPS) is 10.2. The molecular formula is C10H10N6O3. The predicted octanol–water partition coefficient (Wildman–Crippen LogP) is 0.856. The molecule has 0 aliphatic carbocycles. The van der Waals surface area contributed by atoms with Crippen LogP contribution in [0.1, 0.15) is 16.2 Å². The second-order valence-electron chi connectivity index (χ2n) is 3.75. The average Bonchev–Trinajstić information content (AvgIpc) is 2.78. The Hall–Kier alpha value is -2.97. The third kappa shape index (κ3) is 2.65. The Labute approximate surface area is 107 Å². The summed E-state index contributed by atoms with van der Waals surface area (Å²) in [5.41, 5.74) is 6.26. The highest BCUT2D eigenvalue weighted by atomic mass is 16.6. The van der Waals surface area contributed by atoms with Crippen molar-refractivity contribution in [2.24, 2.45) is 0 Å². The first-order valence-corrected chi connectivity index (χ1v) is 5.21. The topological polar surface area (TPSA) is 140 Å². The summed E-state index contributed by atoms with van der Waals surface area (Å²) in [7, 11) is 0. The smallest absolute Gasteiger partial charge is 0.293 e. The van der Waals surface area contributed by atoms with E-state index in [-0.39, 0.29) is 17.5 Å². The van der Waals surface area contributed by atoms with Gasteiger partial charge in [0.25, 0.3) is 11.6 Å². The maximum atomic E-state index is 11.8. The fourth-order valence-corrected chi connectivity index (χ4v) is 1.46. The molecule has 98 valence electrons. The molecule has 4 N–H and O–H groups in total. The number of amides is 1. The van der Waals surface area contributed by atoms with E-state index >= 15 is 0 Å². The van der Waals surface area contributed by atoms with E-state index in [1.165, 1.54) is 18.2 Å². The molecule has 0 saturated heterocycles. The molecule has 1 aromatic carbocycles. The summed E-state index contributed by atoms with van der Waals surface area (Å²) < 4.78 is 0. The van der Waals surface area contributed by atoms with Gasteiger partial charge in [-0.25, -0.2) is 0 Å². The van der Waals surface area contributed by atoms with Crippen LogP contribution in [-0.2, 0) is 0 Å². The number of aromatic amines is 1. The lowest BCUT2D eigenvalue weighted by atomic mass is 10.2. The van der Waals surface area contributed by atoms with Gasteiger partial charge in [-0.2, -0.15) is 4.98 Å². The van der Waals surface area contributed by atoms with E-state index in [9.17, 15) is 14.9 Å². The fourth-order valence-electron chi connectivity index (χ4n) is 1.46. The van der Waals surface area contributed by atoms with Crippen LogP contribution in [0.15, 0.2) is 18.2 Å². The van der Waals surface area contributed by atoms with Crippen molar-refractivity contribution in [3.8, 4) is 0 Å². The quantitative estimate of drug-likeness (QED) is 0.553. The number of anilines is 2. The second kappa shape index (κ2) is 4.72. The molecule has 1 amide bonds. The Morgan fingerprint density at radius 1 is 1.53 bits per heavy atom. The summed E-state index contributed by atoms with van der Waals surface area (Å²) in [5, 5.41) is 19.0. The van der Waals surface area contributed by atoms with Crippen LogP contribution >= 0.6 is 0 Å². The maximum Gasteiger partial charge on any atom is 0.293 e. The fraction of sp³-hybridized carbons (Fsp3) is 0.100. The summed E-state index contributed by atoms with van der Waals surface area (Å²) in [6.45, 7) is 1.65. The number of nitrogen functional groups attached to an aromatic ring is 1. The maximum absolute atomic E-state index is 11.8. The summed E-state index contributed by atoms with van der Waals surface area (Å²) >= 11 is 0. The number of non-ortho nitro benzene ring substituents is 1. The third-order valence-electron chi connectivity index (χ3n) is 2.39. The Kier molecular flexibility index (Phi) is 3.10. The largest absolute Gasteiger partial charge is 0.366 e. The molecule has 0 aliphatic heterocycles. The minimum atomic E-state index is -0.527. The molecular weight excluding hydrogens is 252 g/mol. The van der Waals surface area contributed by atoms with Gasteiger partial charge in [0.15, 0.2) is 0 Å². The first-order valence-electron chi connectivity index (χ1n) is 5.21. The molecule has 0 saturated carbocycles. The number of carbonyl (C=O) groups is 1. The Balaban J connectivity index is 2.20. The van der Waals surface area contributed by atoms with Crippen LogP contribution in [0.25, 0.3) is 0 Å². The molecule has 2 rings (SSSR count). The van der Waals surface area contributed by atoms with Crippen LogP contribution in [0.5, 0.6) is 0 Å². The van der Waals surface area contributed by atoms with Crippen molar-refractivity contribution in [1.29, 1.82) is 0 Å². The van der Waals surface area contributed by atoms with Gasteiger partial charge in [0.1, 0.15) is 0 Å². The molecule has 0 fully saturated rings. The minimum Gasteiger partial charge on any atom is -0.366 e. The van der Waals surface area contributed by atoms with E-state index in [0.717, 1.165) is 0 Å². The van der Waals surface area contributed by atoms with Crippen LogP contribution < -0.4 is 11.1 Å². The van der Waals surface area contributed by atoms with Crippen LogP contribution in [0, 0.1) is 17.0 Å². The summed E-state index contributed by atoms with van der Waals surface area (Å²) in [6, 6.07) is 4.12. The number of carbonyl (C=O) groups excluding carboxylic acids is 1. The predicted molar refractivity (Wildman–Crippen MR) is 66.6 cm³/mol. The molecule has 9 heteroatoms. The summed E-state index contributed by atoms with van der Waals surface area (Å²) in [6.07, 6.45) is 0. The van der Waals surface area contributed by atoms with E-state index in [4.69, 9.17) is 5.73 Å². The Bertz CT molecular complexity index is 650. The highest BCUT2D eigenvalue weighted by molar-refractivity contribution is 6.02. The van der Waals surface area contributed by atoms with Crippen molar-refractivity contribution in [3.05, 3.63) is 39.7 Å². The SMILES string of the molecule is Cc1cc([N+](=O)[O-])ccc1NC(=O)c1nc(N)n[nH]1. The number of aromatic nitrogens is 3. The van der Waals surface area contributed by atoms with Gasteiger partial charge in [-0.1, -0.05) is 0 Å². The molecule has 0 radical (unpaired) electrons. The molecule has 0 spiro atoms. The van der Waals surface area contributed by atoms with Crippen molar-refractivity contribution in [2.45, 2.75) is 6.92 Å². The molecule has 0 atom stereocenters. The van der Waals surface area contributed by atoms with Gasteiger partial charge in [-0.3, -0.25) is 20.0 Å². The number of benzene rings is 1. The van der Waals surface area contributed by atoms with Gasteiger partial charge >= 0.3 is 0 Å². The number of nitrogens with one attached hydrogen (secondary N) is 2. The number of aryl methyl sites for hydroxylation is 1. The van der Waals surface area contributed by atoms with Gasteiger partial charge in [0.2, 0.25) is 11.8 Å². The number of nitro groups is 1. The average molecular weight is 262 g/mol. The zero-order chi connectivity index (χ0) is 14.0. The summed E-state index contributed by atoms with van der Waals surface area (Å²) in [5.74, 6) is -0.595. The number of nitro benzene ring substituents is 1. The molecule has 0 unspecified atom stereocenters. The van der Waals surface area contributed by atoms with Crippen LogP contribution in [0.2, 0.25) is 0 Å². The van der Waals surface area contributed by atoms with E-state index in [2.05, 4.69) is 20.5 Å². The van der Waals surface area contributed by atoms with Crippen molar-refractivity contribution in [2.75, 3.05) is 11.1 Å². The van der Waals surface area contributed by atoms with Crippen LogP contribution in [-0.4, -0.2) is 26.0 Å². The second-order valence-corrected chi connectivity index (χ2v) is 3.75. The Morgan fingerprint density at radius 3 is 2.79 bits per heavy atom. The number of nitrogens with zero attached hydrogens (tertiary/aromatic N) is 3. The molecule has 2 aromatic rings. The lowest BCUT2D eigenvalue weighted by Crippen LogP contribution is -2.14. The van der Waals surface area contributed by atoms with E-state index in [1.54, 1.807) is 6.92 Å². The van der Waals surface area contributed by atoms with Crippen LogP contribution in [0.3, 0.4) is 0 Å². The number of rotatable bonds is 3. The molecule has 0 bridgehead atoms. The van der Waals surface area contributed by atoms with Gasteiger partial charge in [0, 0.05) is 17.8 Å². The Morgan fingerprint density at radius 2 is 2.26 bits per heavy atom. The van der Waals surface area contributed by atoms with E-state index in [0.29, 0.717) is 11.3 Å². The number of H-pyrrole nitrogens is 1. The highest BCUT2D eigenvalue weighted by Gasteiger charge is 2.14. The number of nitrogens with two attached hydrogens (primary N) is 1. The van der Waals surface area contributed by atoms with Crippen molar-refractivity contribution < 1.29 is 9.72 Å². The molecule has 9 nitrogen and oxygen atoms in total. The highest BCUT2D eigenvalue weighted by Crippen LogP contribution is 2.21. The zero-order valence-electron chi connectivity index (χ0n) is 9.88. The van der Waals surface area contributed by atoms with Gasteiger partial charge < -0.3 is 11.1 Å². The van der Waals surface area contributed by atoms with Crippen molar-refractivity contribution >= 4 is 23.2 Å². The van der Waals surface area contributed by atoms with Crippen molar-refractivity contribution in [3.63, 3.8) is 0 Å². The molecule has 1 heterocycles. The first kappa shape index (κ1) is 12.5. The van der Waals surface area contributed by atoms with Crippen LogP contribution in [0.4, 0.5) is 17.3 Å². The lowest BCUT2D eigenvalue weighted by Gasteiger charge is -2.06. The van der Waals surface area contributed by atoms with E-state index < -0.39 is 10.8 Å². The van der Waals surface area contributed by atoms with Gasteiger partial charge in [-0.05, 0) is 18.6 Å². The zero-order valence-corrected chi connectivity index (χ0v) is 9.88. The van der Waals surface area contributed by atoms with E-state index in [1.807, 2.05) is 0 Å². The molecule has 0 aliphatic rings. The monoisotopic (exact) mass is 262 g/mol. The lowest BCUT2D eigenvalue weighted by molar-refractivity contribution is -0.384. The molecule has 19 heavy (non-hydrogen) atoms. The minimum absolute atomic E-state index is 0.0322. The number of hydrogen-bond donors (Lipinski definition) is 3. The number of hydrogen-bond acceptors (Lipinski definition) is 6. The van der Waals surface area contributed by atoms with Crippen molar-refractivity contribution in [1.82, 2.24) is 15.2 Å². The van der Waals surface area contributed by atoms with Gasteiger partial charge in [-0.15, -0.1) is 5.10 Å². The standard InChI is InChI=1S/C10H10N6O3/c1-5-4-6(16(18)19)2-3-7(5)12-9(17)8-13-10(11)15-14-8/h2-4H,1H3,(H,12,17)(H3,11,13,14,15). The first-order chi connectivity index (χ1) is 8.97.